The highest BCUT2D eigenvalue weighted by Gasteiger charge is 2.43. The van der Waals surface area contributed by atoms with Gasteiger partial charge in [-0.25, -0.2) is 8.42 Å². The highest BCUT2D eigenvalue weighted by Crippen LogP contribution is 2.30. The number of benzene rings is 2. The molecule has 2 aromatic carbocycles. The van der Waals surface area contributed by atoms with Crippen LogP contribution in [0, 0.1) is 5.41 Å². The number of amidine groups is 1. The molecule has 4 rings (SSSR count). The SMILES string of the molecule is COc1ccc2ccc(S(=O)(=O)N(CC(=O)OC(C)(C)C)[C@H]3CCN(Cc4csc(C(=N)N)c4)C3=O)cc2c1. The van der Waals surface area contributed by atoms with Crippen molar-refractivity contribution in [2.24, 2.45) is 5.73 Å². The Labute approximate surface area is 231 Å². The molecule has 0 radical (unpaired) electrons. The van der Waals surface area contributed by atoms with E-state index in [9.17, 15) is 18.0 Å². The first-order valence-electron chi connectivity index (χ1n) is 12.3. The highest BCUT2D eigenvalue weighted by atomic mass is 32.2. The fourth-order valence-corrected chi connectivity index (χ4v) is 6.82. The average Bonchev–Trinajstić information content (AvgIpc) is 3.48. The Morgan fingerprint density at radius 1 is 1.18 bits per heavy atom. The number of carbonyl (C=O) groups excluding carboxylic acids is 2. The number of thiophene rings is 1. The quantitative estimate of drug-likeness (QED) is 0.227. The second-order valence-electron chi connectivity index (χ2n) is 10.3. The first-order chi connectivity index (χ1) is 18.3. The van der Waals surface area contributed by atoms with Crippen LogP contribution in [-0.4, -0.2) is 67.2 Å². The summed E-state index contributed by atoms with van der Waals surface area (Å²) in [6, 6.07) is 10.7. The number of amides is 1. The first kappa shape index (κ1) is 28.5. The minimum absolute atomic E-state index is 0.0398. The maximum Gasteiger partial charge on any atom is 0.321 e. The summed E-state index contributed by atoms with van der Waals surface area (Å²) < 4.78 is 39.6. The lowest BCUT2D eigenvalue weighted by Crippen LogP contribution is -2.48. The summed E-state index contributed by atoms with van der Waals surface area (Å²) in [6.07, 6.45) is 0.214. The largest absolute Gasteiger partial charge is 0.497 e. The fraction of sp³-hybridized carbons (Fsp3) is 0.370. The molecule has 2 heterocycles. The van der Waals surface area contributed by atoms with Gasteiger partial charge in [-0.1, -0.05) is 12.1 Å². The van der Waals surface area contributed by atoms with Gasteiger partial charge in [-0.3, -0.25) is 15.0 Å². The van der Waals surface area contributed by atoms with Gasteiger partial charge < -0.3 is 20.1 Å². The minimum atomic E-state index is -4.28. The third kappa shape index (κ3) is 6.40. The number of sulfonamides is 1. The predicted molar refractivity (Wildman–Crippen MR) is 149 cm³/mol. The predicted octanol–water partition coefficient (Wildman–Crippen LogP) is 3.33. The maximum absolute atomic E-state index is 14.0. The number of rotatable bonds is 9. The molecule has 0 bridgehead atoms. The average molecular weight is 573 g/mol. The van der Waals surface area contributed by atoms with Crippen molar-refractivity contribution in [2.45, 2.75) is 50.3 Å². The summed E-state index contributed by atoms with van der Waals surface area (Å²) in [7, 11) is -2.75. The zero-order valence-electron chi connectivity index (χ0n) is 22.3. The molecule has 0 saturated carbocycles. The van der Waals surface area contributed by atoms with E-state index < -0.39 is 40.1 Å². The number of nitrogens with one attached hydrogen (secondary N) is 1. The van der Waals surface area contributed by atoms with E-state index in [0.717, 1.165) is 15.3 Å². The van der Waals surface area contributed by atoms with Crippen LogP contribution in [0.5, 0.6) is 5.75 Å². The van der Waals surface area contributed by atoms with E-state index >= 15 is 0 Å². The number of hydrogen-bond acceptors (Lipinski definition) is 8. The van der Waals surface area contributed by atoms with Gasteiger partial charge in [0.1, 0.15) is 29.8 Å². The molecule has 0 unspecified atom stereocenters. The summed E-state index contributed by atoms with van der Waals surface area (Å²) in [6.45, 7) is 5.03. The Bertz CT molecular complexity index is 1530. The van der Waals surface area contributed by atoms with Gasteiger partial charge in [-0.2, -0.15) is 4.31 Å². The summed E-state index contributed by atoms with van der Waals surface area (Å²) >= 11 is 1.30. The molecular formula is C27H32N4O6S2. The van der Waals surface area contributed by atoms with Gasteiger partial charge in [0.15, 0.2) is 0 Å². The highest BCUT2D eigenvalue weighted by molar-refractivity contribution is 7.89. The van der Waals surface area contributed by atoms with Crippen LogP contribution in [0.3, 0.4) is 0 Å². The molecule has 1 amide bonds. The monoisotopic (exact) mass is 572 g/mol. The first-order valence-corrected chi connectivity index (χ1v) is 14.6. The van der Waals surface area contributed by atoms with Gasteiger partial charge in [-0.15, -0.1) is 11.3 Å². The van der Waals surface area contributed by atoms with Crippen molar-refractivity contribution in [3.05, 3.63) is 58.3 Å². The van der Waals surface area contributed by atoms with Crippen LogP contribution >= 0.6 is 11.3 Å². The van der Waals surface area contributed by atoms with Crippen LogP contribution in [0.15, 0.2) is 52.7 Å². The van der Waals surface area contributed by atoms with Crippen molar-refractivity contribution < 1.29 is 27.5 Å². The molecule has 1 aliphatic rings. The molecule has 39 heavy (non-hydrogen) atoms. The molecule has 1 aliphatic heterocycles. The van der Waals surface area contributed by atoms with E-state index in [4.69, 9.17) is 20.6 Å². The van der Waals surface area contributed by atoms with E-state index in [2.05, 4.69) is 0 Å². The van der Waals surface area contributed by atoms with E-state index in [-0.39, 0.29) is 23.7 Å². The van der Waals surface area contributed by atoms with Crippen LogP contribution in [0.1, 0.15) is 37.6 Å². The number of nitrogen functional groups attached to an aromatic ring is 1. The topological polar surface area (TPSA) is 143 Å². The van der Waals surface area contributed by atoms with Crippen LogP contribution in [0.4, 0.5) is 0 Å². The Kier molecular flexibility index (Phi) is 8.01. The Morgan fingerprint density at radius 3 is 2.54 bits per heavy atom. The number of esters is 1. The van der Waals surface area contributed by atoms with Crippen LogP contribution < -0.4 is 10.5 Å². The van der Waals surface area contributed by atoms with Gasteiger partial charge in [-0.05, 0) is 79.2 Å². The van der Waals surface area contributed by atoms with Crippen LogP contribution in [0.2, 0.25) is 0 Å². The second-order valence-corrected chi connectivity index (χ2v) is 13.1. The molecule has 10 nitrogen and oxygen atoms in total. The molecule has 1 aromatic heterocycles. The summed E-state index contributed by atoms with van der Waals surface area (Å²) in [5, 5.41) is 10.9. The van der Waals surface area contributed by atoms with Gasteiger partial charge in [0.25, 0.3) is 0 Å². The minimum Gasteiger partial charge on any atom is -0.497 e. The van der Waals surface area contributed by atoms with E-state index in [0.29, 0.717) is 22.6 Å². The van der Waals surface area contributed by atoms with Crippen molar-refractivity contribution in [3.63, 3.8) is 0 Å². The van der Waals surface area contributed by atoms with Crippen LogP contribution in [0.25, 0.3) is 10.8 Å². The number of ether oxygens (including phenoxy) is 2. The zero-order chi connectivity index (χ0) is 28.5. The number of hydrogen-bond donors (Lipinski definition) is 2. The molecule has 0 spiro atoms. The van der Waals surface area contributed by atoms with E-state index in [1.54, 1.807) is 49.9 Å². The lowest BCUT2D eigenvalue weighted by atomic mass is 10.1. The fourth-order valence-electron chi connectivity index (χ4n) is 4.46. The number of nitrogens with two attached hydrogens (primary N) is 1. The molecule has 12 heteroatoms. The molecule has 208 valence electrons. The zero-order valence-corrected chi connectivity index (χ0v) is 23.9. The van der Waals surface area contributed by atoms with Crippen molar-refractivity contribution in [1.82, 2.24) is 9.21 Å². The second kappa shape index (κ2) is 10.9. The molecule has 1 atom stereocenters. The Hall–Kier alpha value is -3.48. The van der Waals surface area contributed by atoms with Gasteiger partial charge >= 0.3 is 5.97 Å². The third-order valence-corrected chi connectivity index (χ3v) is 9.10. The summed E-state index contributed by atoms with van der Waals surface area (Å²) in [5.41, 5.74) is 5.52. The number of likely N-dealkylation sites (tertiary alicyclic amines) is 1. The van der Waals surface area contributed by atoms with Crippen molar-refractivity contribution >= 4 is 49.8 Å². The Balaban J connectivity index is 1.66. The molecular weight excluding hydrogens is 540 g/mol. The molecule has 3 aromatic rings. The van der Waals surface area contributed by atoms with Crippen LogP contribution in [-0.2, 0) is 30.9 Å². The Morgan fingerprint density at radius 2 is 1.90 bits per heavy atom. The summed E-state index contributed by atoms with van der Waals surface area (Å²) in [5.74, 6) is -0.631. The smallest absolute Gasteiger partial charge is 0.321 e. The van der Waals surface area contributed by atoms with E-state index in [1.165, 1.54) is 30.6 Å². The van der Waals surface area contributed by atoms with E-state index in [1.807, 2.05) is 11.4 Å². The molecule has 1 saturated heterocycles. The van der Waals surface area contributed by atoms with Crippen molar-refractivity contribution in [3.8, 4) is 5.75 Å². The number of nitrogens with zero attached hydrogens (tertiary/aromatic N) is 2. The molecule has 1 fully saturated rings. The maximum atomic E-state index is 14.0. The molecule has 3 N–H and O–H groups in total. The molecule has 0 aliphatic carbocycles. The van der Waals surface area contributed by atoms with Gasteiger partial charge in [0, 0.05) is 13.1 Å². The number of fused-ring (bicyclic) bond motifs is 1. The standard InChI is InChI=1S/C27H32N4O6S2/c1-27(2,3)37-24(32)15-31(22-9-10-30(26(22)33)14-17-11-23(25(28)29)38-16-17)39(34,35)21-8-6-18-5-7-20(36-4)12-19(18)13-21/h5-8,11-13,16,22H,9-10,14-15H2,1-4H3,(H3,28,29)/t22-/m0/s1. The van der Waals surface area contributed by atoms with Crippen molar-refractivity contribution in [1.29, 1.82) is 5.41 Å². The lowest BCUT2D eigenvalue weighted by Gasteiger charge is -2.28. The lowest BCUT2D eigenvalue weighted by molar-refractivity contribution is -0.155. The summed E-state index contributed by atoms with van der Waals surface area (Å²) in [4.78, 5) is 28.5. The van der Waals surface area contributed by atoms with Gasteiger partial charge in [0.05, 0.1) is 16.9 Å². The third-order valence-electron chi connectivity index (χ3n) is 6.24. The van der Waals surface area contributed by atoms with Gasteiger partial charge in [0.2, 0.25) is 15.9 Å². The van der Waals surface area contributed by atoms with Crippen molar-refractivity contribution in [2.75, 3.05) is 20.2 Å². The number of methoxy groups -OCH3 is 1. The number of carbonyl (C=O) groups is 2. The normalized spacial score (nSPS) is 16.2.